The molecule has 5 heteroatoms. The molecule has 126 valence electrons. The lowest BCUT2D eigenvalue weighted by Gasteiger charge is -2.22. The Kier molecular flexibility index (Phi) is 7.16. The van der Waals surface area contributed by atoms with E-state index in [4.69, 9.17) is 0 Å². The zero-order valence-electron chi connectivity index (χ0n) is 13.9. The normalized spacial score (nSPS) is 21.5. The maximum atomic E-state index is 12.0. The van der Waals surface area contributed by atoms with Gasteiger partial charge >= 0.3 is 0 Å². The molecule has 1 aliphatic carbocycles. The topological polar surface area (TPSA) is 61.4 Å². The first-order valence-electron chi connectivity index (χ1n) is 8.94. The van der Waals surface area contributed by atoms with Gasteiger partial charge < -0.3 is 15.5 Å². The number of nitrogens with zero attached hydrogens (tertiary/aromatic N) is 1. The smallest absolute Gasteiger partial charge is 0.242 e. The minimum Gasteiger partial charge on any atom is -0.353 e. The zero-order valence-corrected chi connectivity index (χ0v) is 13.9. The van der Waals surface area contributed by atoms with E-state index in [9.17, 15) is 9.59 Å². The molecule has 1 atom stereocenters. The van der Waals surface area contributed by atoms with Gasteiger partial charge in [-0.3, -0.25) is 9.59 Å². The molecular weight excluding hydrogens is 278 g/mol. The van der Waals surface area contributed by atoms with Crippen LogP contribution in [0.1, 0.15) is 58.3 Å². The molecule has 22 heavy (non-hydrogen) atoms. The maximum absolute atomic E-state index is 12.0. The average Bonchev–Trinajstić information content (AvgIpc) is 3.01. The van der Waals surface area contributed by atoms with E-state index in [0.29, 0.717) is 18.9 Å². The summed E-state index contributed by atoms with van der Waals surface area (Å²) in [6, 6.07) is -0.435. The second-order valence-electron chi connectivity index (χ2n) is 6.84. The van der Waals surface area contributed by atoms with Crippen LogP contribution in [0.2, 0.25) is 0 Å². The van der Waals surface area contributed by atoms with Crippen LogP contribution in [0.3, 0.4) is 0 Å². The molecule has 2 fully saturated rings. The molecule has 0 aromatic heterocycles. The highest BCUT2D eigenvalue weighted by Gasteiger charge is 2.20. The summed E-state index contributed by atoms with van der Waals surface area (Å²) in [5, 5.41) is 5.76. The first kappa shape index (κ1) is 17.3. The predicted octanol–water partition coefficient (Wildman–Crippen LogP) is 1.67. The SMILES string of the molecule is C[C@@H](NC(=O)CC1CCCCC1)C(=O)NCCN1CCCC1. The summed E-state index contributed by atoms with van der Waals surface area (Å²) in [6.07, 6.45) is 9.20. The third kappa shape index (κ3) is 5.95. The second-order valence-corrected chi connectivity index (χ2v) is 6.84. The summed E-state index contributed by atoms with van der Waals surface area (Å²) in [5.41, 5.74) is 0. The molecule has 2 aliphatic rings. The van der Waals surface area contributed by atoms with Crippen LogP contribution in [-0.2, 0) is 9.59 Å². The molecule has 1 aliphatic heterocycles. The van der Waals surface area contributed by atoms with Crippen molar-refractivity contribution in [3.8, 4) is 0 Å². The van der Waals surface area contributed by atoms with Crippen molar-refractivity contribution < 1.29 is 9.59 Å². The third-order valence-electron chi connectivity index (χ3n) is 4.90. The predicted molar refractivity (Wildman–Crippen MR) is 87.5 cm³/mol. The molecule has 0 unspecified atom stereocenters. The van der Waals surface area contributed by atoms with Crippen LogP contribution in [0.4, 0.5) is 0 Å². The van der Waals surface area contributed by atoms with Crippen LogP contribution in [0.15, 0.2) is 0 Å². The fraction of sp³-hybridized carbons (Fsp3) is 0.882. The van der Waals surface area contributed by atoms with Gasteiger partial charge in [0.25, 0.3) is 0 Å². The van der Waals surface area contributed by atoms with Crippen molar-refractivity contribution in [3.63, 3.8) is 0 Å². The van der Waals surface area contributed by atoms with Gasteiger partial charge in [-0.15, -0.1) is 0 Å². The molecule has 1 saturated heterocycles. The van der Waals surface area contributed by atoms with Crippen LogP contribution in [0.5, 0.6) is 0 Å². The maximum Gasteiger partial charge on any atom is 0.242 e. The number of likely N-dealkylation sites (tertiary alicyclic amines) is 1. The van der Waals surface area contributed by atoms with E-state index in [1.54, 1.807) is 6.92 Å². The molecule has 2 N–H and O–H groups in total. The number of hydrogen-bond donors (Lipinski definition) is 2. The molecule has 0 spiro atoms. The number of hydrogen-bond acceptors (Lipinski definition) is 3. The Morgan fingerprint density at radius 3 is 2.45 bits per heavy atom. The summed E-state index contributed by atoms with van der Waals surface area (Å²) < 4.78 is 0. The summed E-state index contributed by atoms with van der Waals surface area (Å²) in [5.74, 6) is 0.462. The number of nitrogens with one attached hydrogen (secondary N) is 2. The molecular formula is C17H31N3O2. The molecule has 2 amide bonds. The quantitative estimate of drug-likeness (QED) is 0.752. The first-order valence-corrected chi connectivity index (χ1v) is 8.94. The molecule has 1 saturated carbocycles. The Bertz CT molecular complexity index is 361. The summed E-state index contributed by atoms with van der Waals surface area (Å²) >= 11 is 0. The molecule has 0 radical (unpaired) electrons. The van der Waals surface area contributed by atoms with Crippen molar-refractivity contribution in [2.75, 3.05) is 26.2 Å². The largest absolute Gasteiger partial charge is 0.353 e. The Balaban J connectivity index is 1.59. The van der Waals surface area contributed by atoms with Crippen LogP contribution in [0.25, 0.3) is 0 Å². The summed E-state index contributed by atoms with van der Waals surface area (Å²) in [6.45, 7) is 5.63. The number of rotatable bonds is 7. The zero-order chi connectivity index (χ0) is 15.8. The van der Waals surface area contributed by atoms with Crippen LogP contribution in [-0.4, -0.2) is 48.9 Å². The Morgan fingerprint density at radius 2 is 1.77 bits per heavy atom. The van der Waals surface area contributed by atoms with E-state index in [1.165, 1.54) is 32.1 Å². The fourth-order valence-corrected chi connectivity index (χ4v) is 3.52. The van der Waals surface area contributed by atoms with Crippen molar-refractivity contribution in [2.45, 2.75) is 64.3 Å². The van der Waals surface area contributed by atoms with Gasteiger partial charge in [-0.25, -0.2) is 0 Å². The minimum absolute atomic E-state index is 0.0223. The highest BCUT2D eigenvalue weighted by atomic mass is 16.2. The van der Waals surface area contributed by atoms with E-state index in [2.05, 4.69) is 15.5 Å². The van der Waals surface area contributed by atoms with E-state index < -0.39 is 6.04 Å². The average molecular weight is 309 g/mol. The van der Waals surface area contributed by atoms with Gasteiger partial charge in [0.15, 0.2) is 0 Å². The lowest BCUT2D eigenvalue weighted by atomic mass is 9.87. The Labute approximate surface area is 134 Å². The molecule has 1 heterocycles. The van der Waals surface area contributed by atoms with E-state index >= 15 is 0 Å². The van der Waals surface area contributed by atoms with Crippen molar-refractivity contribution in [1.29, 1.82) is 0 Å². The second kappa shape index (κ2) is 9.13. The van der Waals surface area contributed by atoms with Crippen molar-refractivity contribution >= 4 is 11.8 Å². The van der Waals surface area contributed by atoms with Crippen molar-refractivity contribution in [2.24, 2.45) is 5.92 Å². The Hall–Kier alpha value is -1.10. The van der Waals surface area contributed by atoms with E-state index in [-0.39, 0.29) is 11.8 Å². The molecule has 0 bridgehead atoms. The van der Waals surface area contributed by atoms with Crippen LogP contribution < -0.4 is 10.6 Å². The monoisotopic (exact) mass is 309 g/mol. The van der Waals surface area contributed by atoms with Gasteiger partial charge in [0.05, 0.1) is 0 Å². The third-order valence-corrected chi connectivity index (χ3v) is 4.90. The van der Waals surface area contributed by atoms with E-state index in [0.717, 1.165) is 32.5 Å². The minimum atomic E-state index is -0.435. The van der Waals surface area contributed by atoms with Crippen LogP contribution >= 0.6 is 0 Å². The molecule has 0 aromatic rings. The molecule has 5 nitrogen and oxygen atoms in total. The lowest BCUT2D eigenvalue weighted by molar-refractivity contribution is -0.129. The molecule has 0 aromatic carbocycles. The van der Waals surface area contributed by atoms with Gasteiger partial charge in [0.1, 0.15) is 6.04 Å². The number of carbonyl (C=O) groups excluding carboxylic acids is 2. The number of carbonyl (C=O) groups is 2. The number of amides is 2. The molecule has 2 rings (SSSR count). The van der Waals surface area contributed by atoms with Crippen molar-refractivity contribution in [3.05, 3.63) is 0 Å². The highest BCUT2D eigenvalue weighted by molar-refractivity contribution is 5.87. The van der Waals surface area contributed by atoms with Gasteiger partial charge in [0.2, 0.25) is 11.8 Å². The Morgan fingerprint density at radius 1 is 1.09 bits per heavy atom. The summed E-state index contributed by atoms with van der Waals surface area (Å²) in [7, 11) is 0. The van der Waals surface area contributed by atoms with Crippen molar-refractivity contribution in [1.82, 2.24) is 15.5 Å². The van der Waals surface area contributed by atoms with Crippen LogP contribution in [0, 0.1) is 5.92 Å². The summed E-state index contributed by atoms with van der Waals surface area (Å²) in [4.78, 5) is 26.4. The lowest BCUT2D eigenvalue weighted by Crippen LogP contribution is -2.46. The van der Waals surface area contributed by atoms with Gasteiger partial charge in [-0.1, -0.05) is 19.3 Å². The van der Waals surface area contributed by atoms with Gasteiger partial charge in [-0.2, -0.15) is 0 Å². The van der Waals surface area contributed by atoms with Gasteiger partial charge in [-0.05, 0) is 51.6 Å². The fourth-order valence-electron chi connectivity index (χ4n) is 3.52. The standard InChI is InChI=1S/C17H31N3O2/c1-14(17(22)18-9-12-20-10-5-6-11-20)19-16(21)13-15-7-3-2-4-8-15/h14-15H,2-13H2,1H3,(H,18,22)(H,19,21)/t14-/m1/s1. The first-order chi connectivity index (χ1) is 10.6. The highest BCUT2D eigenvalue weighted by Crippen LogP contribution is 2.26. The van der Waals surface area contributed by atoms with E-state index in [1.807, 2.05) is 0 Å². The van der Waals surface area contributed by atoms with Gasteiger partial charge in [0, 0.05) is 19.5 Å².